The van der Waals surface area contributed by atoms with Crippen LogP contribution in [0.4, 0.5) is 13.2 Å². The Bertz CT molecular complexity index is 728. The van der Waals surface area contributed by atoms with Crippen LogP contribution in [-0.2, 0) is 17.4 Å². The van der Waals surface area contributed by atoms with Gasteiger partial charge in [0.2, 0.25) is 5.91 Å². The van der Waals surface area contributed by atoms with E-state index < -0.39 is 23.6 Å². The Morgan fingerprint density at radius 1 is 0.917 bits per heavy atom. The highest BCUT2D eigenvalue weighted by Crippen LogP contribution is 2.29. The molecule has 126 valence electrons. The van der Waals surface area contributed by atoms with Crippen molar-refractivity contribution in [3.63, 3.8) is 0 Å². The Hall–Kier alpha value is -2.54. The van der Waals surface area contributed by atoms with Gasteiger partial charge in [0.15, 0.2) is 0 Å². The maximum atomic E-state index is 12.4. The summed E-state index contributed by atoms with van der Waals surface area (Å²) in [5, 5.41) is 0.470. The van der Waals surface area contributed by atoms with E-state index in [-0.39, 0.29) is 6.42 Å². The molecular formula is C16H12ClF3N2O2. The van der Waals surface area contributed by atoms with Gasteiger partial charge < -0.3 is 0 Å². The maximum Gasteiger partial charge on any atom is 0.416 e. The lowest BCUT2D eigenvalue weighted by Gasteiger charge is -2.09. The molecule has 4 nitrogen and oxygen atoms in total. The molecule has 0 spiro atoms. The lowest BCUT2D eigenvalue weighted by molar-refractivity contribution is -0.137. The lowest BCUT2D eigenvalue weighted by atomic mass is 10.1. The number of amides is 2. The van der Waals surface area contributed by atoms with Crippen molar-refractivity contribution in [1.82, 2.24) is 10.9 Å². The van der Waals surface area contributed by atoms with Gasteiger partial charge in [0.25, 0.3) is 5.91 Å². The Balaban J connectivity index is 1.87. The summed E-state index contributed by atoms with van der Waals surface area (Å²) in [7, 11) is 0. The quantitative estimate of drug-likeness (QED) is 0.828. The maximum absolute atomic E-state index is 12.4. The number of hydrogen-bond donors (Lipinski definition) is 2. The van der Waals surface area contributed by atoms with Crippen molar-refractivity contribution < 1.29 is 22.8 Å². The highest BCUT2D eigenvalue weighted by Gasteiger charge is 2.29. The molecule has 24 heavy (non-hydrogen) atoms. The zero-order valence-corrected chi connectivity index (χ0v) is 12.9. The first-order valence-corrected chi connectivity index (χ1v) is 7.14. The van der Waals surface area contributed by atoms with Crippen LogP contribution >= 0.6 is 11.6 Å². The van der Waals surface area contributed by atoms with Crippen LogP contribution in [0.2, 0.25) is 5.02 Å². The molecule has 0 atom stereocenters. The number of benzene rings is 2. The third-order valence-corrected chi connectivity index (χ3v) is 3.32. The number of nitrogens with one attached hydrogen (secondary N) is 2. The van der Waals surface area contributed by atoms with Crippen molar-refractivity contribution in [1.29, 1.82) is 0 Å². The molecule has 0 aromatic heterocycles. The van der Waals surface area contributed by atoms with Gasteiger partial charge in [-0.25, -0.2) is 0 Å². The molecule has 0 saturated heterocycles. The second-order valence-electron chi connectivity index (χ2n) is 4.88. The number of carbonyl (C=O) groups excluding carboxylic acids is 2. The van der Waals surface area contributed by atoms with Crippen molar-refractivity contribution in [2.75, 3.05) is 0 Å². The van der Waals surface area contributed by atoms with E-state index in [1.54, 1.807) is 0 Å². The Morgan fingerprint density at radius 2 is 1.50 bits per heavy atom. The molecular weight excluding hydrogens is 345 g/mol. The molecule has 0 radical (unpaired) electrons. The van der Waals surface area contributed by atoms with Gasteiger partial charge in [0.1, 0.15) is 0 Å². The summed E-state index contributed by atoms with van der Waals surface area (Å²) in [5.74, 6) is -1.09. The van der Waals surface area contributed by atoms with Gasteiger partial charge in [0.05, 0.1) is 12.0 Å². The van der Waals surface area contributed by atoms with E-state index in [4.69, 9.17) is 11.6 Å². The zero-order chi connectivity index (χ0) is 17.7. The summed E-state index contributed by atoms with van der Waals surface area (Å²) in [6.07, 6.45) is -4.59. The van der Waals surface area contributed by atoms with E-state index in [0.29, 0.717) is 16.1 Å². The minimum atomic E-state index is -4.42. The largest absolute Gasteiger partial charge is 0.416 e. The molecule has 0 fully saturated rings. The summed E-state index contributed by atoms with van der Waals surface area (Å²) < 4.78 is 37.3. The predicted molar refractivity (Wildman–Crippen MR) is 82.2 cm³/mol. The molecule has 2 N–H and O–H groups in total. The molecule has 0 saturated carbocycles. The normalized spacial score (nSPS) is 11.0. The molecule has 0 aliphatic carbocycles. The van der Waals surface area contributed by atoms with Crippen LogP contribution in [0.5, 0.6) is 0 Å². The molecule has 0 aliphatic rings. The number of carbonyl (C=O) groups is 2. The van der Waals surface area contributed by atoms with Gasteiger partial charge in [-0.15, -0.1) is 0 Å². The van der Waals surface area contributed by atoms with Crippen LogP contribution in [-0.4, -0.2) is 11.8 Å². The van der Waals surface area contributed by atoms with Crippen molar-refractivity contribution in [2.24, 2.45) is 0 Å². The highest BCUT2D eigenvalue weighted by molar-refractivity contribution is 6.30. The summed E-state index contributed by atoms with van der Waals surface area (Å²) in [5.41, 5.74) is 4.31. The van der Waals surface area contributed by atoms with E-state index in [9.17, 15) is 22.8 Å². The van der Waals surface area contributed by atoms with E-state index in [1.807, 2.05) is 0 Å². The number of hydrogen-bond acceptors (Lipinski definition) is 2. The van der Waals surface area contributed by atoms with Crippen LogP contribution < -0.4 is 10.9 Å². The summed E-state index contributed by atoms with van der Waals surface area (Å²) in [6, 6.07) is 10.2. The van der Waals surface area contributed by atoms with E-state index >= 15 is 0 Å². The monoisotopic (exact) mass is 356 g/mol. The van der Waals surface area contributed by atoms with E-state index in [1.165, 1.54) is 36.4 Å². The lowest BCUT2D eigenvalue weighted by Crippen LogP contribution is -2.42. The van der Waals surface area contributed by atoms with Crippen molar-refractivity contribution in [3.05, 3.63) is 70.2 Å². The fraction of sp³-hybridized carbons (Fsp3) is 0.125. The molecule has 8 heteroatoms. The van der Waals surface area contributed by atoms with Gasteiger partial charge >= 0.3 is 6.18 Å². The van der Waals surface area contributed by atoms with Crippen molar-refractivity contribution >= 4 is 23.4 Å². The summed E-state index contributed by atoms with van der Waals surface area (Å²) >= 11 is 5.70. The topological polar surface area (TPSA) is 58.2 Å². The molecule has 0 unspecified atom stereocenters. The van der Waals surface area contributed by atoms with Crippen molar-refractivity contribution in [2.45, 2.75) is 12.6 Å². The van der Waals surface area contributed by atoms with Gasteiger partial charge in [-0.05, 0) is 42.0 Å². The smallest absolute Gasteiger partial charge is 0.273 e. The van der Waals surface area contributed by atoms with E-state index in [2.05, 4.69) is 10.9 Å². The molecule has 0 aliphatic heterocycles. The average Bonchev–Trinajstić information content (AvgIpc) is 2.53. The second kappa shape index (κ2) is 7.35. The first kappa shape index (κ1) is 17.8. The van der Waals surface area contributed by atoms with Crippen LogP contribution in [0.1, 0.15) is 21.5 Å². The highest BCUT2D eigenvalue weighted by atomic mass is 35.5. The third kappa shape index (κ3) is 4.99. The SMILES string of the molecule is O=C(Cc1ccc(C(F)(F)F)cc1)NNC(=O)c1ccc(Cl)cc1. The number of rotatable bonds is 3. The van der Waals surface area contributed by atoms with Crippen LogP contribution in [0, 0.1) is 0 Å². The van der Waals surface area contributed by atoms with Gasteiger partial charge in [0, 0.05) is 10.6 Å². The molecule has 2 rings (SSSR count). The second-order valence-corrected chi connectivity index (χ2v) is 5.32. The summed E-state index contributed by atoms with van der Waals surface area (Å²) in [6.45, 7) is 0. The summed E-state index contributed by atoms with van der Waals surface area (Å²) in [4.78, 5) is 23.5. The zero-order valence-electron chi connectivity index (χ0n) is 12.2. The predicted octanol–water partition coefficient (Wildman–Crippen LogP) is 3.36. The fourth-order valence-corrected chi connectivity index (χ4v) is 1.97. The standard InChI is InChI=1S/C16H12ClF3N2O2/c17-13-7-3-11(4-8-13)15(24)22-21-14(23)9-10-1-5-12(6-2-10)16(18,19)20/h1-8H,9H2,(H,21,23)(H,22,24). The minimum Gasteiger partial charge on any atom is -0.273 e. The first-order chi connectivity index (χ1) is 11.3. The van der Waals surface area contributed by atoms with Gasteiger partial charge in [-0.3, -0.25) is 20.4 Å². The van der Waals surface area contributed by atoms with E-state index in [0.717, 1.165) is 12.1 Å². The Kier molecular flexibility index (Phi) is 5.46. The van der Waals surface area contributed by atoms with Gasteiger partial charge in [-0.1, -0.05) is 23.7 Å². The Morgan fingerprint density at radius 3 is 2.04 bits per heavy atom. The molecule has 2 aromatic carbocycles. The van der Waals surface area contributed by atoms with Crippen LogP contribution in [0.25, 0.3) is 0 Å². The van der Waals surface area contributed by atoms with Crippen LogP contribution in [0.15, 0.2) is 48.5 Å². The minimum absolute atomic E-state index is 0.168. The Labute approximate surface area is 140 Å². The first-order valence-electron chi connectivity index (χ1n) is 6.76. The van der Waals surface area contributed by atoms with Gasteiger partial charge in [-0.2, -0.15) is 13.2 Å². The van der Waals surface area contributed by atoms with Crippen LogP contribution in [0.3, 0.4) is 0 Å². The number of alkyl halides is 3. The van der Waals surface area contributed by atoms with Crippen molar-refractivity contribution in [3.8, 4) is 0 Å². The molecule has 0 heterocycles. The fourth-order valence-electron chi connectivity index (χ4n) is 1.84. The molecule has 2 aromatic rings. The average molecular weight is 357 g/mol. The number of hydrazine groups is 1. The third-order valence-electron chi connectivity index (χ3n) is 3.07. The molecule has 0 bridgehead atoms. The number of halogens is 4. The molecule has 2 amide bonds.